The molecule has 6 N–H and O–H groups in total. The summed E-state index contributed by atoms with van der Waals surface area (Å²) in [5.74, 6) is -1.45. The van der Waals surface area contributed by atoms with Crippen LogP contribution in [0.1, 0.15) is 30.6 Å². The number of urea groups is 1. The highest BCUT2D eigenvalue weighted by Crippen LogP contribution is 2.60. The molecule has 4 aliphatic rings. The summed E-state index contributed by atoms with van der Waals surface area (Å²) in [7, 11) is 0. The molecule has 1 aliphatic carbocycles. The number of aliphatic hydroxyl groups excluding tert-OH is 4. The number of amides is 3. The van der Waals surface area contributed by atoms with Crippen LogP contribution >= 0.6 is 31.9 Å². The number of carbonyl (C=O) groups is 2. The van der Waals surface area contributed by atoms with E-state index in [-0.39, 0.29) is 18.4 Å². The van der Waals surface area contributed by atoms with E-state index in [2.05, 4.69) is 42.2 Å². The van der Waals surface area contributed by atoms with Crippen molar-refractivity contribution < 1.29 is 39.5 Å². The Morgan fingerprint density at radius 2 is 1.66 bits per heavy atom. The number of ether oxygens (including phenoxy) is 2. The first-order chi connectivity index (χ1) is 18.1. The lowest BCUT2D eigenvalue weighted by Gasteiger charge is -2.62. The third kappa shape index (κ3) is 4.04. The van der Waals surface area contributed by atoms with Crippen LogP contribution in [0.2, 0.25) is 0 Å². The summed E-state index contributed by atoms with van der Waals surface area (Å²) in [4.78, 5) is 56.4. The normalized spacial score (nSPS) is 40.9. The standard InChI is InChI=1S/C22H26Br2N4O10/c23-2-1-22-16(24)15(8-5-27(20(35)25-18(8)33)13-3-9(31)11(6-29)37-13)17(22)28(21(36)26-19(22)34)14-4-10(32)12(7-30)38-14/h1-2,5,9-17,29-32H,3-4,6-7H2,(H,25,33,35)(H,26,34,36)/b2-1+/t9-,10-,11+,12+,13-,14-,15+,16+,17-,22+/m0/s1. The van der Waals surface area contributed by atoms with E-state index in [9.17, 15) is 39.6 Å². The number of H-pyrrole nitrogens is 1. The number of carbonyl (C=O) groups excluding carboxylic acids is 2. The first-order valence-corrected chi connectivity index (χ1v) is 13.7. The zero-order valence-electron chi connectivity index (χ0n) is 19.6. The molecule has 0 unspecified atom stereocenters. The van der Waals surface area contributed by atoms with Crippen molar-refractivity contribution >= 4 is 43.8 Å². The molecule has 0 aromatic carbocycles. The minimum absolute atomic E-state index is 0.0118. The minimum atomic E-state index is -1.36. The van der Waals surface area contributed by atoms with Crippen molar-refractivity contribution in [2.45, 2.75) is 66.5 Å². The lowest BCUT2D eigenvalue weighted by atomic mass is 9.54. The van der Waals surface area contributed by atoms with E-state index in [0.29, 0.717) is 0 Å². The number of fused-ring (bicyclic) bond motifs is 1. The molecule has 0 spiro atoms. The molecule has 1 saturated carbocycles. The van der Waals surface area contributed by atoms with Crippen molar-refractivity contribution in [2.24, 2.45) is 5.41 Å². The van der Waals surface area contributed by atoms with E-state index < -0.39 is 95.5 Å². The fraction of sp³-hybridized carbons (Fsp3) is 0.636. The van der Waals surface area contributed by atoms with E-state index in [1.807, 2.05) is 0 Å². The average molecular weight is 666 g/mol. The Kier molecular flexibility index (Phi) is 7.45. The van der Waals surface area contributed by atoms with Crippen molar-refractivity contribution in [3.05, 3.63) is 43.7 Å². The Labute approximate surface area is 231 Å². The third-order valence-electron chi connectivity index (χ3n) is 7.83. The van der Waals surface area contributed by atoms with Crippen LogP contribution in [-0.2, 0) is 14.3 Å². The number of nitrogens with zero attached hydrogens (tertiary/aromatic N) is 2. The fourth-order valence-electron chi connectivity index (χ4n) is 5.92. The van der Waals surface area contributed by atoms with Crippen molar-refractivity contribution in [2.75, 3.05) is 13.2 Å². The first-order valence-electron chi connectivity index (χ1n) is 11.9. The van der Waals surface area contributed by atoms with Crippen LogP contribution in [0.25, 0.3) is 0 Å². The molecule has 1 aromatic heterocycles. The lowest BCUT2D eigenvalue weighted by molar-refractivity contribution is -0.154. The molecule has 3 saturated heterocycles. The van der Waals surface area contributed by atoms with Crippen LogP contribution < -0.4 is 16.6 Å². The zero-order valence-corrected chi connectivity index (χ0v) is 22.8. The number of aromatic nitrogens is 2. The molecule has 38 heavy (non-hydrogen) atoms. The summed E-state index contributed by atoms with van der Waals surface area (Å²) >= 11 is 6.74. The fourth-order valence-corrected chi connectivity index (χ4v) is 7.56. The molecule has 16 heteroatoms. The summed E-state index contributed by atoms with van der Waals surface area (Å²) in [6, 6.07) is -1.78. The monoisotopic (exact) mass is 664 g/mol. The number of aliphatic hydroxyl groups is 4. The second-order valence-electron chi connectivity index (χ2n) is 9.75. The number of hydrogen-bond acceptors (Lipinski definition) is 10. The molecule has 3 amide bonds. The summed E-state index contributed by atoms with van der Waals surface area (Å²) < 4.78 is 12.4. The van der Waals surface area contributed by atoms with Gasteiger partial charge in [0.2, 0.25) is 5.91 Å². The predicted molar refractivity (Wildman–Crippen MR) is 134 cm³/mol. The number of halogens is 2. The van der Waals surface area contributed by atoms with Gasteiger partial charge in [0.15, 0.2) is 0 Å². The van der Waals surface area contributed by atoms with Crippen LogP contribution in [0.5, 0.6) is 0 Å². The summed E-state index contributed by atoms with van der Waals surface area (Å²) in [5, 5.41) is 41.7. The van der Waals surface area contributed by atoms with Crippen molar-refractivity contribution in [3.8, 4) is 0 Å². The molecule has 4 heterocycles. The Bertz CT molecular complexity index is 1270. The molecule has 4 fully saturated rings. The van der Waals surface area contributed by atoms with Gasteiger partial charge in [-0.05, 0) is 4.99 Å². The van der Waals surface area contributed by atoms with E-state index >= 15 is 0 Å². The highest BCUT2D eigenvalue weighted by Gasteiger charge is 2.71. The van der Waals surface area contributed by atoms with Gasteiger partial charge in [-0.3, -0.25) is 29.4 Å². The lowest BCUT2D eigenvalue weighted by Crippen LogP contribution is -2.79. The van der Waals surface area contributed by atoms with Gasteiger partial charge in [-0.2, -0.15) is 0 Å². The smallest absolute Gasteiger partial charge is 0.330 e. The SMILES string of the molecule is O=C1NC(=O)[C@]2(/C=C/Br)[C@H](Br)[C@@H](c3cn([C@@H]4C[C@H](O)[C@@H](CO)O4)c(=O)[nH]c3=O)[C@@H]2N1[C@@H]1C[C@H](O)[C@@H](CO)O1. The molecule has 1 aromatic rings. The number of hydrogen-bond donors (Lipinski definition) is 6. The second kappa shape index (κ2) is 10.2. The van der Waals surface area contributed by atoms with Crippen LogP contribution in [-0.4, -0.2) is 102 Å². The van der Waals surface area contributed by atoms with Gasteiger partial charge < -0.3 is 29.9 Å². The highest BCUT2D eigenvalue weighted by atomic mass is 79.9. The number of nitrogens with one attached hydrogen (secondary N) is 2. The molecule has 5 rings (SSSR count). The average Bonchev–Trinajstić information content (AvgIpc) is 3.43. The second-order valence-corrected chi connectivity index (χ2v) is 11.3. The van der Waals surface area contributed by atoms with Gasteiger partial charge in [-0.1, -0.05) is 37.9 Å². The Morgan fingerprint density at radius 3 is 2.24 bits per heavy atom. The van der Waals surface area contributed by atoms with E-state index in [0.717, 1.165) is 4.57 Å². The van der Waals surface area contributed by atoms with E-state index in [4.69, 9.17) is 9.47 Å². The van der Waals surface area contributed by atoms with Crippen molar-refractivity contribution in [1.29, 1.82) is 0 Å². The van der Waals surface area contributed by atoms with Gasteiger partial charge in [0, 0.05) is 35.3 Å². The van der Waals surface area contributed by atoms with Gasteiger partial charge in [0.05, 0.1) is 31.5 Å². The maximum atomic E-state index is 13.2. The van der Waals surface area contributed by atoms with Crippen LogP contribution in [0.4, 0.5) is 4.79 Å². The Hall–Kier alpha value is -1.92. The zero-order chi connectivity index (χ0) is 27.5. The number of alkyl halides is 1. The quantitative estimate of drug-likeness (QED) is 0.191. The molecular formula is C22H26Br2N4O10. The summed E-state index contributed by atoms with van der Waals surface area (Å²) in [6.45, 7) is -0.952. The number of aromatic amines is 1. The minimum Gasteiger partial charge on any atom is -0.394 e. The predicted octanol–water partition coefficient (Wildman–Crippen LogP) is -1.68. The van der Waals surface area contributed by atoms with E-state index in [1.165, 1.54) is 16.1 Å². The maximum Gasteiger partial charge on any atom is 0.330 e. The summed E-state index contributed by atoms with van der Waals surface area (Å²) in [6.07, 6.45) is -3.17. The molecule has 208 valence electrons. The summed E-state index contributed by atoms with van der Waals surface area (Å²) in [5.41, 5.74) is -2.84. The molecule has 14 nitrogen and oxygen atoms in total. The van der Waals surface area contributed by atoms with Gasteiger partial charge in [-0.25, -0.2) is 9.59 Å². The molecule has 0 radical (unpaired) electrons. The topological polar surface area (TPSA) is 204 Å². The van der Waals surface area contributed by atoms with Crippen molar-refractivity contribution in [1.82, 2.24) is 19.8 Å². The van der Waals surface area contributed by atoms with E-state index in [1.54, 1.807) is 6.08 Å². The van der Waals surface area contributed by atoms with Crippen LogP contribution in [0.15, 0.2) is 26.8 Å². The van der Waals surface area contributed by atoms with Crippen LogP contribution in [0.3, 0.4) is 0 Å². The molecule has 0 bridgehead atoms. The third-order valence-corrected chi connectivity index (χ3v) is 9.42. The number of imide groups is 1. The van der Waals surface area contributed by atoms with Gasteiger partial charge in [0.25, 0.3) is 5.56 Å². The molecule has 3 aliphatic heterocycles. The van der Waals surface area contributed by atoms with Gasteiger partial charge in [0.1, 0.15) is 30.1 Å². The van der Waals surface area contributed by atoms with Crippen molar-refractivity contribution in [3.63, 3.8) is 0 Å². The first kappa shape index (κ1) is 27.6. The van der Waals surface area contributed by atoms with Gasteiger partial charge in [-0.15, -0.1) is 0 Å². The molecule has 10 atom stereocenters. The number of rotatable bonds is 6. The largest absolute Gasteiger partial charge is 0.394 e. The van der Waals surface area contributed by atoms with Gasteiger partial charge >= 0.3 is 11.7 Å². The maximum absolute atomic E-state index is 13.2. The Balaban J connectivity index is 1.59. The van der Waals surface area contributed by atoms with Crippen LogP contribution in [0, 0.1) is 5.41 Å². The highest BCUT2D eigenvalue weighted by molar-refractivity contribution is 9.11. The Morgan fingerprint density at radius 1 is 1.05 bits per heavy atom. The molecular weight excluding hydrogens is 640 g/mol.